The van der Waals surface area contributed by atoms with Gasteiger partial charge in [0.2, 0.25) is 0 Å². The Hall–Kier alpha value is -0.120. The van der Waals surface area contributed by atoms with Gasteiger partial charge in [-0.1, -0.05) is 54.9 Å². The molecule has 0 atom stereocenters. The lowest BCUT2D eigenvalue weighted by atomic mass is 10.1. The van der Waals surface area contributed by atoms with Crippen molar-refractivity contribution >= 4 is 0 Å². The van der Waals surface area contributed by atoms with Crippen molar-refractivity contribution in [3.05, 3.63) is 0 Å². The summed E-state index contributed by atoms with van der Waals surface area (Å²) in [5.74, 6) is 0. The maximum atomic E-state index is 5.32. The van der Waals surface area contributed by atoms with Crippen LogP contribution in [0.3, 0.4) is 0 Å². The summed E-state index contributed by atoms with van der Waals surface area (Å²) in [6.45, 7) is 18.0. The Balaban J connectivity index is -0.000000142. The zero-order chi connectivity index (χ0) is 14.8. The minimum Gasteiger partial charge on any atom is -0.412 e. The fourth-order valence-corrected chi connectivity index (χ4v) is 1.75. The van der Waals surface area contributed by atoms with E-state index in [0.29, 0.717) is 6.10 Å². The van der Waals surface area contributed by atoms with E-state index < -0.39 is 0 Å². The highest BCUT2D eigenvalue weighted by Gasteiger charge is 2.17. The van der Waals surface area contributed by atoms with Crippen LogP contribution in [0.1, 0.15) is 74.1 Å². The van der Waals surface area contributed by atoms with Crippen LogP contribution in [-0.2, 0) is 4.74 Å². The van der Waals surface area contributed by atoms with Crippen LogP contribution in [0.15, 0.2) is 0 Å². The van der Waals surface area contributed by atoms with Gasteiger partial charge in [0.25, 0.3) is 0 Å². The van der Waals surface area contributed by atoms with Gasteiger partial charge >= 0.3 is 0 Å². The molecule has 1 aliphatic heterocycles. The molecule has 0 spiro atoms. The molecule has 0 radical (unpaired) electrons. The molecule has 1 heterocycles. The molecule has 0 aliphatic carbocycles. The van der Waals surface area contributed by atoms with E-state index >= 15 is 0 Å². The Morgan fingerprint density at radius 3 is 1.68 bits per heavy atom. The van der Waals surface area contributed by atoms with E-state index in [2.05, 4.69) is 11.8 Å². The van der Waals surface area contributed by atoms with E-state index in [4.69, 9.17) is 4.74 Å². The highest BCUT2D eigenvalue weighted by molar-refractivity contribution is 4.71. The summed E-state index contributed by atoms with van der Waals surface area (Å²) in [5, 5.41) is 0. The van der Waals surface area contributed by atoms with Crippen LogP contribution in [-0.4, -0.2) is 43.2 Å². The lowest BCUT2D eigenvalue weighted by Crippen LogP contribution is -2.37. The summed E-state index contributed by atoms with van der Waals surface area (Å²) in [4.78, 5) is 2.55. The normalized spacial score (nSPS) is 14.5. The minimum absolute atomic E-state index is 0. The molecule has 0 unspecified atom stereocenters. The topological polar surface area (TPSA) is 44.0 Å². The first-order valence-corrected chi connectivity index (χ1v) is 8.12. The van der Waals surface area contributed by atoms with Gasteiger partial charge in [-0.05, 0) is 25.8 Å². The van der Waals surface area contributed by atoms with Crippen molar-refractivity contribution in [2.24, 2.45) is 0 Å². The summed E-state index contributed by atoms with van der Waals surface area (Å²) in [5.41, 5.74) is 0. The van der Waals surface area contributed by atoms with E-state index in [1.165, 1.54) is 45.3 Å². The molecule has 0 bridgehead atoms. The number of hydrogen-bond donors (Lipinski definition) is 0. The average Bonchev–Trinajstić information content (AvgIpc) is 2.51. The lowest BCUT2D eigenvalue weighted by Gasteiger charge is -2.30. The molecule has 0 aromatic rings. The van der Waals surface area contributed by atoms with Crippen molar-refractivity contribution in [1.82, 2.24) is 4.90 Å². The summed E-state index contributed by atoms with van der Waals surface area (Å²) < 4.78 is 5.32. The molecule has 122 valence electrons. The van der Waals surface area contributed by atoms with Crippen molar-refractivity contribution in [2.45, 2.75) is 80.3 Å². The highest BCUT2D eigenvalue weighted by Crippen LogP contribution is 2.12. The van der Waals surface area contributed by atoms with Gasteiger partial charge in [0, 0.05) is 20.2 Å². The molecule has 3 nitrogen and oxygen atoms in total. The summed E-state index contributed by atoms with van der Waals surface area (Å²) in [6, 6.07) is 0. The fourth-order valence-electron chi connectivity index (χ4n) is 1.75. The van der Waals surface area contributed by atoms with Crippen molar-refractivity contribution in [2.75, 3.05) is 26.7 Å². The van der Waals surface area contributed by atoms with E-state index in [-0.39, 0.29) is 5.48 Å². The molecule has 0 amide bonds. The third kappa shape index (κ3) is 17.9. The van der Waals surface area contributed by atoms with Gasteiger partial charge in [0.1, 0.15) is 0 Å². The Labute approximate surface area is 123 Å². The van der Waals surface area contributed by atoms with E-state index in [0.717, 1.165) is 0 Å². The quantitative estimate of drug-likeness (QED) is 0.776. The van der Waals surface area contributed by atoms with E-state index in [1.54, 1.807) is 0 Å². The van der Waals surface area contributed by atoms with Crippen LogP contribution in [0.4, 0.5) is 0 Å². The Kier molecular flexibility index (Phi) is 37.9. The van der Waals surface area contributed by atoms with Crippen molar-refractivity contribution in [3.8, 4) is 0 Å². The molecular formula is C16H41NO2. The SMILES string of the molecule is CC.CC.CC.CCCCN1CCC(OC)CC1.O. The summed E-state index contributed by atoms with van der Waals surface area (Å²) in [6.07, 6.45) is 5.63. The second-order valence-corrected chi connectivity index (χ2v) is 3.63. The third-order valence-corrected chi connectivity index (χ3v) is 2.70. The molecule has 2 N–H and O–H groups in total. The molecule has 1 aliphatic rings. The van der Waals surface area contributed by atoms with Gasteiger partial charge in [-0.25, -0.2) is 0 Å². The molecular weight excluding hydrogens is 238 g/mol. The molecule has 0 saturated carbocycles. The Morgan fingerprint density at radius 1 is 0.947 bits per heavy atom. The molecule has 3 heteroatoms. The summed E-state index contributed by atoms with van der Waals surface area (Å²) >= 11 is 0. The molecule has 1 fully saturated rings. The predicted octanol–water partition coefficient (Wildman–Crippen LogP) is 4.15. The summed E-state index contributed by atoms with van der Waals surface area (Å²) in [7, 11) is 1.83. The van der Waals surface area contributed by atoms with Crippen LogP contribution < -0.4 is 0 Å². The first-order chi connectivity index (χ1) is 8.86. The second kappa shape index (κ2) is 26.4. The van der Waals surface area contributed by atoms with Gasteiger partial charge in [-0.15, -0.1) is 0 Å². The zero-order valence-corrected chi connectivity index (χ0v) is 14.9. The van der Waals surface area contributed by atoms with Crippen LogP contribution in [0, 0.1) is 0 Å². The van der Waals surface area contributed by atoms with Gasteiger partial charge in [0.15, 0.2) is 0 Å². The Morgan fingerprint density at radius 2 is 1.37 bits per heavy atom. The second-order valence-electron chi connectivity index (χ2n) is 3.63. The van der Waals surface area contributed by atoms with Gasteiger partial charge in [0.05, 0.1) is 6.10 Å². The number of hydrogen-bond acceptors (Lipinski definition) is 2. The maximum absolute atomic E-state index is 5.32. The zero-order valence-electron chi connectivity index (χ0n) is 14.9. The average molecular weight is 280 g/mol. The molecule has 19 heavy (non-hydrogen) atoms. The smallest absolute Gasteiger partial charge is 0.0595 e. The number of ether oxygens (including phenoxy) is 1. The number of piperidine rings is 1. The van der Waals surface area contributed by atoms with Crippen molar-refractivity contribution < 1.29 is 10.2 Å². The molecule has 1 saturated heterocycles. The molecule has 0 aromatic carbocycles. The monoisotopic (exact) mass is 279 g/mol. The third-order valence-electron chi connectivity index (χ3n) is 2.70. The standard InChI is InChI=1S/C10H21NO.3C2H6.H2O/c1-3-4-7-11-8-5-10(12-2)6-9-11;3*1-2;/h10H,3-9H2,1-2H3;3*1-2H3;1H2. The van der Waals surface area contributed by atoms with Crippen LogP contribution in [0.25, 0.3) is 0 Å². The van der Waals surface area contributed by atoms with Crippen LogP contribution >= 0.6 is 0 Å². The molecule has 1 rings (SSSR count). The predicted molar refractivity (Wildman–Crippen MR) is 89.0 cm³/mol. The number of methoxy groups -OCH3 is 1. The minimum atomic E-state index is 0. The fraction of sp³-hybridized carbons (Fsp3) is 1.00. The first-order valence-electron chi connectivity index (χ1n) is 8.12. The largest absolute Gasteiger partial charge is 0.412 e. The van der Waals surface area contributed by atoms with Crippen molar-refractivity contribution in [3.63, 3.8) is 0 Å². The number of rotatable bonds is 4. The van der Waals surface area contributed by atoms with E-state index in [1.807, 2.05) is 48.7 Å². The van der Waals surface area contributed by atoms with Gasteiger partial charge in [-0.3, -0.25) is 0 Å². The van der Waals surface area contributed by atoms with Crippen LogP contribution in [0.5, 0.6) is 0 Å². The lowest BCUT2D eigenvalue weighted by molar-refractivity contribution is 0.0408. The highest BCUT2D eigenvalue weighted by atomic mass is 16.5. The Bertz CT molecular complexity index is 113. The van der Waals surface area contributed by atoms with Gasteiger partial charge < -0.3 is 15.1 Å². The van der Waals surface area contributed by atoms with Crippen LogP contribution in [0.2, 0.25) is 0 Å². The van der Waals surface area contributed by atoms with Crippen molar-refractivity contribution in [1.29, 1.82) is 0 Å². The number of nitrogens with zero attached hydrogens (tertiary/aromatic N) is 1. The molecule has 0 aromatic heterocycles. The first kappa shape index (κ1) is 27.3. The van der Waals surface area contributed by atoms with Gasteiger partial charge in [-0.2, -0.15) is 0 Å². The number of unbranched alkanes of at least 4 members (excludes halogenated alkanes) is 1. The number of likely N-dealkylation sites (tertiary alicyclic amines) is 1. The maximum Gasteiger partial charge on any atom is 0.0595 e. The van der Waals surface area contributed by atoms with E-state index in [9.17, 15) is 0 Å².